The summed E-state index contributed by atoms with van der Waals surface area (Å²) in [4.78, 5) is 10.2. The summed E-state index contributed by atoms with van der Waals surface area (Å²) in [6.45, 7) is 6.55. The molecule has 1 atom stereocenters. The third-order valence-corrected chi connectivity index (χ3v) is 5.69. The van der Waals surface area contributed by atoms with Gasteiger partial charge in [-0.05, 0) is 26.7 Å². The fraction of sp³-hybridized carbons (Fsp3) is 0.474. The summed E-state index contributed by atoms with van der Waals surface area (Å²) in [6, 6.07) is 10.3. The molecule has 0 radical (unpaired) electrons. The molecule has 0 amide bonds. The van der Waals surface area contributed by atoms with Crippen LogP contribution in [0.3, 0.4) is 0 Å². The van der Waals surface area contributed by atoms with E-state index in [0.717, 1.165) is 48.2 Å². The number of aryl methyl sites for hydroxylation is 1. The smallest absolute Gasteiger partial charge is 0.191 e. The average Bonchev–Trinajstić information content (AvgIpc) is 3.22. The third-order valence-electron chi connectivity index (χ3n) is 4.48. The first-order valence-electron chi connectivity index (χ1n) is 8.70. The molecule has 5 nitrogen and oxygen atoms in total. The number of rotatable bonds is 5. The fourth-order valence-corrected chi connectivity index (χ4v) is 3.94. The van der Waals surface area contributed by atoms with Crippen molar-refractivity contribution in [3.8, 4) is 10.6 Å². The first-order chi connectivity index (χ1) is 12.1. The zero-order chi connectivity index (χ0) is 17.7. The monoisotopic (exact) mass is 358 g/mol. The van der Waals surface area contributed by atoms with Crippen molar-refractivity contribution in [2.75, 3.05) is 20.2 Å². The van der Waals surface area contributed by atoms with E-state index in [4.69, 9.17) is 9.72 Å². The number of aliphatic imine (C=N–C) groups is 1. The number of hydrogen-bond donors (Lipinski definition) is 2. The van der Waals surface area contributed by atoms with Crippen LogP contribution in [-0.4, -0.2) is 36.7 Å². The van der Waals surface area contributed by atoms with Crippen molar-refractivity contribution in [1.29, 1.82) is 0 Å². The Morgan fingerprint density at radius 2 is 2.12 bits per heavy atom. The summed E-state index contributed by atoms with van der Waals surface area (Å²) in [5.41, 5.74) is 2.15. The lowest BCUT2D eigenvalue weighted by Gasteiger charge is -2.24. The van der Waals surface area contributed by atoms with Crippen LogP contribution in [0.15, 0.2) is 35.3 Å². The number of benzene rings is 1. The number of ether oxygens (including phenoxy) is 1. The molecule has 0 aliphatic carbocycles. The average molecular weight is 359 g/mol. The van der Waals surface area contributed by atoms with E-state index >= 15 is 0 Å². The molecule has 1 aromatic heterocycles. The van der Waals surface area contributed by atoms with E-state index in [1.54, 1.807) is 18.4 Å². The molecule has 1 aromatic carbocycles. The van der Waals surface area contributed by atoms with Crippen LogP contribution in [0.2, 0.25) is 0 Å². The Hall–Kier alpha value is -1.92. The fourth-order valence-electron chi connectivity index (χ4n) is 2.93. The van der Waals surface area contributed by atoms with E-state index in [0.29, 0.717) is 6.54 Å². The Morgan fingerprint density at radius 3 is 2.80 bits per heavy atom. The van der Waals surface area contributed by atoms with Crippen molar-refractivity contribution < 1.29 is 4.74 Å². The van der Waals surface area contributed by atoms with Crippen LogP contribution in [0.4, 0.5) is 0 Å². The maximum absolute atomic E-state index is 5.82. The van der Waals surface area contributed by atoms with Crippen molar-refractivity contribution in [3.63, 3.8) is 0 Å². The van der Waals surface area contributed by atoms with Gasteiger partial charge in [-0.25, -0.2) is 4.98 Å². The molecular weight excluding hydrogens is 332 g/mol. The first-order valence-corrected chi connectivity index (χ1v) is 9.51. The minimum Gasteiger partial charge on any atom is -0.373 e. The van der Waals surface area contributed by atoms with Crippen molar-refractivity contribution >= 4 is 17.3 Å². The number of thiazole rings is 1. The Labute approximate surface area is 153 Å². The maximum atomic E-state index is 5.82. The molecule has 2 heterocycles. The molecular formula is C19H26N4OS. The van der Waals surface area contributed by atoms with E-state index in [1.165, 1.54) is 4.88 Å². The minimum absolute atomic E-state index is 0.0848. The van der Waals surface area contributed by atoms with Gasteiger partial charge in [-0.2, -0.15) is 0 Å². The molecule has 1 saturated heterocycles. The highest BCUT2D eigenvalue weighted by Gasteiger charge is 2.29. The van der Waals surface area contributed by atoms with Gasteiger partial charge in [-0.3, -0.25) is 4.99 Å². The Balaban J connectivity index is 1.58. The van der Waals surface area contributed by atoms with Gasteiger partial charge < -0.3 is 15.4 Å². The standard InChI is InChI=1S/C19H26N4OS/c1-14-16(25-17(23-14)15-8-5-4-6-9-15)12-21-18(20-3)22-13-19(2)10-7-11-24-19/h4-6,8-9H,7,10-13H2,1-3H3,(H2,20,21,22). The third kappa shape index (κ3) is 4.58. The number of nitrogens with zero attached hydrogens (tertiary/aromatic N) is 2. The summed E-state index contributed by atoms with van der Waals surface area (Å²) < 4.78 is 5.82. The Kier molecular flexibility index (Phi) is 5.71. The van der Waals surface area contributed by atoms with Gasteiger partial charge >= 0.3 is 0 Å². The first kappa shape index (κ1) is 17.9. The molecule has 2 N–H and O–H groups in total. The van der Waals surface area contributed by atoms with Crippen molar-refractivity contribution in [2.45, 2.75) is 38.8 Å². The van der Waals surface area contributed by atoms with Crippen LogP contribution in [0, 0.1) is 6.92 Å². The van der Waals surface area contributed by atoms with Gasteiger partial charge in [0.25, 0.3) is 0 Å². The molecule has 2 aromatic rings. The van der Waals surface area contributed by atoms with Gasteiger partial charge in [0, 0.05) is 30.6 Å². The van der Waals surface area contributed by atoms with Crippen molar-refractivity contribution in [1.82, 2.24) is 15.6 Å². The Bertz CT molecular complexity index is 720. The molecule has 1 fully saturated rings. The molecule has 6 heteroatoms. The lowest BCUT2D eigenvalue weighted by atomic mass is 10.0. The van der Waals surface area contributed by atoms with Crippen LogP contribution < -0.4 is 10.6 Å². The molecule has 0 spiro atoms. The van der Waals surface area contributed by atoms with Gasteiger partial charge in [-0.1, -0.05) is 30.3 Å². The van der Waals surface area contributed by atoms with Crippen LogP contribution in [0.1, 0.15) is 30.3 Å². The summed E-state index contributed by atoms with van der Waals surface area (Å²) in [6.07, 6.45) is 2.22. The zero-order valence-corrected chi connectivity index (χ0v) is 15.9. The van der Waals surface area contributed by atoms with Crippen molar-refractivity contribution in [2.24, 2.45) is 4.99 Å². The predicted octanol–water partition coefficient (Wildman–Crippen LogP) is 3.35. The van der Waals surface area contributed by atoms with E-state index in [2.05, 4.69) is 41.6 Å². The topological polar surface area (TPSA) is 58.5 Å². The van der Waals surface area contributed by atoms with E-state index in [9.17, 15) is 0 Å². The number of guanidine groups is 1. The largest absolute Gasteiger partial charge is 0.373 e. The summed E-state index contributed by atoms with van der Waals surface area (Å²) in [5.74, 6) is 0.797. The predicted molar refractivity (Wildman–Crippen MR) is 104 cm³/mol. The number of hydrogen-bond acceptors (Lipinski definition) is 4. The zero-order valence-electron chi connectivity index (χ0n) is 15.1. The lowest BCUT2D eigenvalue weighted by Crippen LogP contribution is -2.45. The van der Waals surface area contributed by atoms with E-state index < -0.39 is 0 Å². The SMILES string of the molecule is CN=C(NCc1sc(-c2ccccc2)nc1C)NCC1(C)CCCO1. The summed E-state index contributed by atoms with van der Waals surface area (Å²) >= 11 is 1.73. The second kappa shape index (κ2) is 7.97. The molecule has 1 unspecified atom stereocenters. The van der Waals surface area contributed by atoms with Crippen LogP contribution in [0.5, 0.6) is 0 Å². The number of aromatic nitrogens is 1. The highest BCUT2D eigenvalue weighted by atomic mass is 32.1. The molecule has 1 aliphatic heterocycles. The highest BCUT2D eigenvalue weighted by molar-refractivity contribution is 7.15. The van der Waals surface area contributed by atoms with Crippen LogP contribution in [-0.2, 0) is 11.3 Å². The molecule has 0 saturated carbocycles. The van der Waals surface area contributed by atoms with Gasteiger partial charge in [0.2, 0.25) is 0 Å². The molecule has 25 heavy (non-hydrogen) atoms. The molecule has 134 valence electrons. The molecule has 0 bridgehead atoms. The van der Waals surface area contributed by atoms with Crippen LogP contribution >= 0.6 is 11.3 Å². The number of nitrogens with one attached hydrogen (secondary N) is 2. The van der Waals surface area contributed by atoms with Gasteiger partial charge in [-0.15, -0.1) is 11.3 Å². The van der Waals surface area contributed by atoms with E-state index in [1.807, 2.05) is 18.2 Å². The van der Waals surface area contributed by atoms with Crippen LogP contribution in [0.25, 0.3) is 10.6 Å². The second-order valence-corrected chi connectivity index (χ2v) is 7.66. The quantitative estimate of drug-likeness (QED) is 0.636. The van der Waals surface area contributed by atoms with Gasteiger partial charge in [0.15, 0.2) is 5.96 Å². The normalized spacial score (nSPS) is 20.7. The van der Waals surface area contributed by atoms with Gasteiger partial charge in [0.1, 0.15) is 5.01 Å². The highest BCUT2D eigenvalue weighted by Crippen LogP contribution is 2.27. The Morgan fingerprint density at radius 1 is 1.32 bits per heavy atom. The minimum atomic E-state index is -0.0848. The second-order valence-electron chi connectivity index (χ2n) is 6.57. The maximum Gasteiger partial charge on any atom is 0.191 e. The summed E-state index contributed by atoms with van der Waals surface area (Å²) in [7, 11) is 1.79. The van der Waals surface area contributed by atoms with Gasteiger partial charge in [0.05, 0.1) is 17.8 Å². The van der Waals surface area contributed by atoms with Crippen molar-refractivity contribution in [3.05, 3.63) is 40.9 Å². The summed E-state index contributed by atoms with van der Waals surface area (Å²) in [5, 5.41) is 7.82. The van der Waals surface area contributed by atoms with E-state index in [-0.39, 0.29) is 5.60 Å². The molecule has 1 aliphatic rings. The lowest BCUT2D eigenvalue weighted by molar-refractivity contribution is 0.0243. The molecule has 3 rings (SSSR count).